The molecule has 148 valence electrons. The molecule has 1 fully saturated rings. The molecule has 0 saturated carbocycles. The molecule has 0 radical (unpaired) electrons. The van der Waals surface area contributed by atoms with E-state index in [4.69, 9.17) is 4.74 Å². The van der Waals surface area contributed by atoms with Gasteiger partial charge in [-0.1, -0.05) is 0 Å². The van der Waals surface area contributed by atoms with Crippen molar-refractivity contribution in [2.45, 2.75) is 45.6 Å². The highest BCUT2D eigenvalue weighted by atomic mass is 32.2. The number of esters is 1. The van der Waals surface area contributed by atoms with Crippen molar-refractivity contribution in [3.63, 3.8) is 0 Å². The Kier molecular flexibility index (Phi) is 5.02. The van der Waals surface area contributed by atoms with E-state index in [1.807, 2.05) is 13.8 Å². The Morgan fingerprint density at radius 2 is 2.00 bits per heavy atom. The lowest BCUT2D eigenvalue weighted by molar-refractivity contribution is -0.140. The Morgan fingerprint density at radius 1 is 1.30 bits per heavy atom. The molecule has 0 bridgehead atoms. The van der Waals surface area contributed by atoms with Crippen molar-refractivity contribution in [3.8, 4) is 0 Å². The van der Waals surface area contributed by atoms with Gasteiger partial charge in [0.2, 0.25) is 0 Å². The first kappa shape index (κ1) is 19.4. The molecule has 0 unspecified atom stereocenters. The van der Waals surface area contributed by atoms with E-state index in [1.54, 1.807) is 11.6 Å². The number of nitrogens with one attached hydrogen (secondary N) is 2. The summed E-state index contributed by atoms with van der Waals surface area (Å²) in [5.74, 6) is -0.762. The number of sulfone groups is 1. The number of hydrogen-bond donors (Lipinski definition) is 2. The quantitative estimate of drug-likeness (QED) is 0.722. The standard InChI is InChI=1S/C17H24N4O5S/c1-9-16(17(23)19-18-9)13(7-14(22)26-4)15-10(2)20-21(11(15)3)12-5-6-27(24,25)8-12/h12-13H,5-8H2,1-4H3,(H2,18,19,23)/t12-,13-/m1/s1. The predicted octanol–water partition coefficient (Wildman–Crippen LogP) is 0.879. The molecule has 0 amide bonds. The number of carbonyl (C=O) groups excluding carboxylic acids is 1. The third-order valence-corrected chi connectivity index (χ3v) is 6.99. The first-order chi connectivity index (χ1) is 12.6. The van der Waals surface area contributed by atoms with Crippen molar-refractivity contribution in [2.24, 2.45) is 0 Å². The van der Waals surface area contributed by atoms with Crippen LogP contribution in [-0.4, -0.2) is 53.0 Å². The molecule has 2 atom stereocenters. The van der Waals surface area contributed by atoms with Gasteiger partial charge >= 0.3 is 5.97 Å². The minimum Gasteiger partial charge on any atom is -0.469 e. The number of methoxy groups -OCH3 is 1. The average Bonchev–Trinajstić information content (AvgIpc) is 3.22. The highest BCUT2D eigenvalue weighted by molar-refractivity contribution is 7.91. The monoisotopic (exact) mass is 396 g/mol. The SMILES string of the molecule is COC(=O)C[C@H](c1c(C)nn([C@@H]2CCS(=O)(=O)C2)c1C)c1c(C)[nH][nH]c1=O. The minimum atomic E-state index is -3.06. The van der Waals surface area contributed by atoms with E-state index in [2.05, 4.69) is 15.3 Å². The Balaban J connectivity index is 2.10. The smallest absolute Gasteiger partial charge is 0.306 e. The van der Waals surface area contributed by atoms with Gasteiger partial charge in [0.1, 0.15) is 0 Å². The molecule has 0 aliphatic carbocycles. The lowest BCUT2D eigenvalue weighted by Crippen LogP contribution is -2.19. The van der Waals surface area contributed by atoms with Crippen molar-refractivity contribution in [2.75, 3.05) is 18.6 Å². The van der Waals surface area contributed by atoms with Crippen LogP contribution < -0.4 is 5.56 Å². The number of rotatable bonds is 5. The largest absolute Gasteiger partial charge is 0.469 e. The van der Waals surface area contributed by atoms with Crippen LogP contribution in [-0.2, 0) is 19.4 Å². The molecule has 2 aromatic heterocycles. The van der Waals surface area contributed by atoms with Crippen molar-refractivity contribution in [1.29, 1.82) is 0 Å². The molecule has 3 heterocycles. The van der Waals surface area contributed by atoms with E-state index in [-0.39, 0.29) is 29.5 Å². The van der Waals surface area contributed by atoms with Crippen molar-refractivity contribution in [1.82, 2.24) is 20.0 Å². The molecule has 0 aromatic carbocycles. The number of H-pyrrole nitrogens is 2. The van der Waals surface area contributed by atoms with Gasteiger partial charge in [-0.05, 0) is 27.2 Å². The summed E-state index contributed by atoms with van der Waals surface area (Å²) in [5.41, 5.74) is 3.01. The summed E-state index contributed by atoms with van der Waals surface area (Å²) in [6.45, 7) is 5.42. The van der Waals surface area contributed by atoms with Gasteiger partial charge in [0.15, 0.2) is 9.84 Å². The third-order valence-electron chi connectivity index (χ3n) is 5.24. The molecule has 3 rings (SSSR count). The fourth-order valence-electron chi connectivity index (χ4n) is 3.98. The van der Waals surface area contributed by atoms with Crippen molar-refractivity contribution >= 4 is 15.8 Å². The van der Waals surface area contributed by atoms with Crippen LogP contribution in [0.15, 0.2) is 4.79 Å². The van der Waals surface area contributed by atoms with Crippen molar-refractivity contribution in [3.05, 3.63) is 38.6 Å². The lowest BCUT2D eigenvalue weighted by atomic mass is 9.87. The Bertz CT molecular complexity index is 1030. The maximum Gasteiger partial charge on any atom is 0.306 e. The Morgan fingerprint density at radius 3 is 2.52 bits per heavy atom. The van der Waals surface area contributed by atoms with E-state index < -0.39 is 21.7 Å². The van der Waals surface area contributed by atoms with Crippen LogP contribution in [0.2, 0.25) is 0 Å². The van der Waals surface area contributed by atoms with Crippen LogP contribution >= 0.6 is 0 Å². The van der Waals surface area contributed by atoms with Gasteiger partial charge in [-0.25, -0.2) is 8.42 Å². The van der Waals surface area contributed by atoms with E-state index in [1.165, 1.54) is 7.11 Å². The number of aryl methyl sites for hydroxylation is 2. The molecular weight excluding hydrogens is 372 g/mol. The van der Waals surface area contributed by atoms with Crippen LogP contribution in [0, 0.1) is 20.8 Å². The molecule has 2 aromatic rings. The van der Waals surface area contributed by atoms with Crippen molar-refractivity contribution < 1.29 is 17.9 Å². The zero-order chi connectivity index (χ0) is 19.9. The van der Waals surface area contributed by atoms with E-state index >= 15 is 0 Å². The van der Waals surface area contributed by atoms with Gasteiger partial charge in [-0.15, -0.1) is 0 Å². The minimum absolute atomic E-state index is 0.00535. The lowest BCUT2D eigenvalue weighted by Gasteiger charge is -2.17. The van der Waals surface area contributed by atoms with Crippen LogP contribution in [0.4, 0.5) is 0 Å². The Hall–Kier alpha value is -2.36. The summed E-state index contributed by atoms with van der Waals surface area (Å²) >= 11 is 0. The maximum atomic E-state index is 12.3. The van der Waals surface area contributed by atoms with Crippen LogP contribution in [0.1, 0.15) is 53.0 Å². The summed E-state index contributed by atoms with van der Waals surface area (Å²) < 4.78 is 30.3. The molecule has 2 N–H and O–H groups in total. The second-order valence-electron chi connectivity index (χ2n) is 7.04. The van der Waals surface area contributed by atoms with Gasteiger partial charge in [0.05, 0.1) is 36.8 Å². The zero-order valence-electron chi connectivity index (χ0n) is 15.8. The number of aromatic amines is 2. The number of carbonyl (C=O) groups is 1. The summed E-state index contributed by atoms with van der Waals surface area (Å²) in [5, 5.41) is 9.90. The normalized spacial score (nSPS) is 19.9. The number of hydrogen-bond acceptors (Lipinski definition) is 6. The molecule has 10 heteroatoms. The van der Waals surface area contributed by atoms with Crippen LogP contribution in [0.25, 0.3) is 0 Å². The van der Waals surface area contributed by atoms with Gasteiger partial charge in [-0.2, -0.15) is 5.10 Å². The number of ether oxygens (including phenoxy) is 1. The fourth-order valence-corrected chi connectivity index (χ4v) is 5.67. The van der Waals surface area contributed by atoms with Crippen LogP contribution in [0.3, 0.4) is 0 Å². The highest BCUT2D eigenvalue weighted by Crippen LogP contribution is 2.35. The van der Waals surface area contributed by atoms with E-state index in [0.717, 1.165) is 11.3 Å². The topological polar surface area (TPSA) is 127 Å². The van der Waals surface area contributed by atoms with Gasteiger partial charge in [-0.3, -0.25) is 19.4 Å². The molecule has 0 spiro atoms. The predicted molar refractivity (Wildman–Crippen MR) is 98.6 cm³/mol. The second-order valence-corrected chi connectivity index (χ2v) is 9.27. The summed E-state index contributed by atoms with van der Waals surface area (Å²) in [4.78, 5) is 24.4. The molecule has 1 aliphatic heterocycles. The maximum absolute atomic E-state index is 12.3. The summed E-state index contributed by atoms with van der Waals surface area (Å²) in [6, 6.07) is -0.230. The first-order valence-corrected chi connectivity index (χ1v) is 10.6. The summed E-state index contributed by atoms with van der Waals surface area (Å²) in [6.07, 6.45) is 0.504. The molecule has 1 aliphatic rings. The highest BCUT2D eigenvalue weighted by Gasteiger charge is 2.34. The number of nitrogens with zero attached hydrogens (tertiary/aromatic N) is 2. The molecule has 1 saturated heterocycles. The second kappa shape index (κ2) is 6.99. The fraction of sp³-hybridized carbons (Fsp3) is 0.588. The molecular formula is C17H24N4O5S. The molecule has 27 heavy (non-hydrogen) atoms. The van der Waals surface area contributed by atoms with E-state index in [9.17, 15) is 18.0 Å². The summed E-state index contributed by atoms with van der Waals surface area (Å²) in [7, 11) is -1.75. The van der Waals surface area contributed by atoms with Gasteiger partial charge < -0.3 is 9.84 Å². The van der Waals surface area contributed by atoms with E-state index in [0.29, 0.717) is 23.4 Å². The number of aromatic nitrogens is 4. The first-order valence-electron chi connectivity index (χ1n) is 8.74. The zero-order valence-corrected chi connectivity index (χ0v) is 16.6. The van der Waals surface area contributed by atoms with Crippen LogP contribution in [0.5, 0.6) is 0 Å². The Labute approximate surface area is 157 Å². The van der Waals surface area contributed by atoms with Gasteiger partial charge in [0, 0.05) is 28.4 Å². The molecule has 9 nitrogen and oxygen atoms in total. The van der Waals surface area contributed by atoms with Gasteiger partial charge in [0.25, 0.3) is 5.56 Å². The average molecular weight is 396 g/mol. The third kappa shape index (κ3) is 3.58.